The van der Waals surface area contributed by atoms with Crippen LogP contribution in [-0.4, -0.2) is 5.91 Å². The lowest BCUT2D eigenvalue weighted by molar-refractivity contribution is -0.114. The van der Waals surface area contributed by atoms with Gasteiger partial charge in [0.2, 0.25) is 5.91 Å². The first-order chi connectivity index (χ1) is 6.63. The third-order valence-electron chi connectivity index (χ3n) is 2.09. The SMILES string of the molecule is CC=C(C)c1ccc(NC(C)=O)cc1. The summed E-state index contributed by atoms with van der Waals surface area (Å²) < 4.78 is 0. The van der Waals surface area contributed by atoms with Crippen LogP contribution in [0.25, 0.3) is 5.57 Å². The zero-order valence-electron chi connectivity index (χ0n) is 8.79. The highest BCUT2D eigenvalue weighted by Crippen LogP contribution is 2.16. The van der Waals surface area contributed by atoms with Gasteiger partial charge in [-0.25, -0.2) is 0 Å². The molecule has 1 N–H and O–H groups in total. The molecule has 0 atom stereocenters. The predicted octanol–water partition coefficient (Wildman–Crippen LogP) is 3.07. The highest BCUT2D eigenvalue weighted by atomic mass is 16.1. The quantitative estimate of drug-likeness (QED) is 0.761. The highest BCUT2D eigenvalue weighted by molar-refractivity contribution is 5.88. The van der Waals surface area contributed by atoms with E-state index in [1.54, 1.807) is 0 Å². The van der Waals surface area contributed by atoms with Gasteiger partial charge < -0.3 is 5.32 Å². The molecule has 0 bridgehead atoms. The first kappa shape index (κ1) is 10.5. The number of rotatable bonds is 2. The number of benzene rings is 1. The van der Waals surface area contributed by atoms with E-state index in [2.05, 4.69) is 18.3 Å². The minimum atomic E-state index is -0.0412. The summed E-state index contributed by atoms with van der Waals surface area (Å²) in [5, 5.41) is 2.73. The number of carbonyl (C=O) groups excluding carboxylic acids is 1. The summed E-state index contributed by atoms with van der Waals surface area (Å²) >= 11 is 0. The Morgan fingerprint density at radius 1 is 1.21 bits per heavy atom. The maximum atomic E-state index is 10.8. The molecule has 0 aliphatic heterocycles. The largest absolute Gasteiger partial charge is 0.326 e. The van der Waals surface area contributed by atoms with Gasteiger partial charge in [0.05, 0.1) is 0 Å². The predicted molar refractivity (Wildman–Crippen MR) is 60.1 cm³/mol. The standard InChI is InChI=1S/C12H15NO/c1-4-9(2)11-5-7-12(8-6-11)13-10(3)14/h4-8H,1-3H3,(H,13,14). The lowest BCUT2D eigenvalue weighted by Crippen LogP contribution is -2.05. The molecular formula is C12H15NO. The molecule has 2 heteroatoms. The van der Waals surface area contributed by atoms with Gasteiger partial charge in [0.25, 0.3) is 0 Å². The van der Waals surface area contributed by atoms with Gasteiger partial charge in [-0.2, -0.15) is 0 Å². The van der Waals surface area contributed by atoms with Crippen molar-refractivity contribution < 1.29 is 4.79 Å². The minimum absolute atomic E-state index is 0.0412. The van der Waals surface area contributed by atoms with Crippen molar-refractivity contribution in [3.8, 4) is 0 Å². The minimum Gasteiger partial charge on any atom is -0.326 e. The molecule has 2 nitrogen and oxygen atoms in total. The Labute approximate surface area is 84.6 Å². The Morgan fingerprint density at radius 3 is 2.21 bits per heavy atom. The highest BCUT2D eigenvalue weighted by Gasteiger charge is 1.96. The zero-order chi connectivity index (χ0) is 10.6. The molecule has 1 rings (SSSR count). The number of hydrogen-bond acceptors (Lipinski definition) is 1. The normalized spacial score (nSPS) is 11.2. The first-order valence-electron chi connectivity index (χ1n) is 4.64. The molecule has 0 aliphatic rings. The van der Waals surface area contributed by atoms with E-state index in [4.69, 9.17) is 0 Å². The average Bonchev–Trinajstić information content (AvgIpc) is 2.17. The van der Waals surface area contributed by atoms with Gasteiger partial charge in [0, 0.05) is 12.6 Å². The van der Waals surface area contributed by atoms with E-state index in [9.17, 15) is 4.79 Å². The molecule has 14 heavy (non-hydrogen) atoms. The first-order valence-corrected chi connectivity index (χ1v) is 4.64. The van der Waals surface area contributed by atoms with Gasteiger partial charge in [-0.1, -0.05) is 18.2 Å². The lowest BCUT2D eigenvalue weighted by Gasteiger charge is -2.04. The van der Waals surface area contributed by atoms with Crippen LogP contribution < -0.4 is 5.32 Å². The average molecular weight is 189 g/mol. The molecule has 0 fully saturated rings. The molecule has 0 radical (unpaired) electrons. The third-order valence-corrected chi connectivity index (χ3v) is 2.09. The van der Waals surface area contributed by atoms with E-state index in [1.807, 2.05) is 31.2 Å². The molecule has 1 amide bonds. The molecule has 0 saturated heterocycles. The summed E-state index contributed by atoms with van der Waals surface area (Å²) in [5.74, 6) is -0.0412. The van der Waals surface area contributed by atoms with Crippen LogP contribution in [0, 0.1) is 0 Å². The summed E-state index contributed by atoms with van der Waals surface area (Å²) in [4.78, 5) is 10.8. The summed E-state index contributed by atoms with van der Waals surface area (Å²) in [6.07, 6.45) is 2.06. The van der Waals surface area contributed by atoms with Crippen molar-refractivity contribution in [1.29, 1.82) is 0 Å². The van der Waals surface area contributed by atoms with E-state index in [1.165, 1.54) is 18.1 Å². The van der Waals surface area contributed by atoms with E-state index in [0.717, 1.165) is 5.69 Å². The van der Waals surface area contributed by atoms with Crippen molar-refractivity contribution in [2.75, 3.05) is 5.32 Å². The van der Waals surface area contributed by atoms with Gasteiger partial charge in [0.15, 0.2) is 0 Å². The second-order valence-electron chi connectivity index (χ2n) is 3.23. The summed E-state index contributed by atoms with van der Waals surface area (Å²) in [7, 11) is 0. The number of carbonyl (C=O) groups is 1. The van der Waals surface area contributed by atoms with Crippen molar-refractivity contribution >= 4 is 17.2 Å². The molecule has 74 valence electrons. The summed E-state index contributed by atoms with van der Waals surface area (Å²) in [6, 6.07) is 7.81. The second-order valence-corrected chi connectivity index (χ2v) is 3.23. The summed E-state index contributed by atoms with van der Waals surface area (Å²) in [6.45, 7) is 5.58. The van der Waals surface area contributed by atoms with Crippen molar-refractivity contribution in [2.45, 2.75) is 20.8 Å². The van der Waals surface area contributed by atoms with Gasteiger partial charge in [0.1, 0.15) is 0 Å². The van der Waals surface area contributed by atoms with Gasteiger partial charge in [-0.15, -0.1) is 0 Å². The van der Waals surface area contributed by atoms with Crippen LogP contribution in [0.4, 0.5) is 5.69 Å². The third kappa shape index (κ3) is 2.73. The van der Waals surface area contributed by atoms with E-state index in [-0.39, 0.29) is 5.91 Å². The fourth-order valence-corrected chi connectivity index (χ4v) is 1.19. The zero-order valence-corrected chi connectivity index (χ0v) is 8.79. The molecule has 0 spiro atoms. The van der Waals surface area contributed by atoms with Crippen molar-refractivity contribution in [1.82, 2.24) is 0 Å². The van der Waals surface area contributed by atoms with Crippen LogP contribution in [0.2, 0.25) is 0 Å². The van der Waals surface area contributed by atoms with Crippen LogP contribution in [0.5, 0.6) is 0 Å². The molecule has 0 aromatic heterocycles. The van der Waals surface area contributed by atoms with Crippen LogP contribution in [-0.2, 0) is 4.79 Å². The number of amides is 1. The molecule has 1 aromatic rings. The van der Waals surface area contributed by atoms with E-state index >= 15 is 0 Å². The molecule has 0 aliphatic carbocycles. The van der Waals surface area contributed by atoms with Crippen molar-refractivity contribution in [2.24, 2.45) is 0 Å². The second kappa shape index (κ2) is 4.61. The van der Waals surface area contributed by atoms with Gasteiger partial charge >= 0.3 is 0 Å². The number of nitrogens with one attached hydrogen (secondary N) is 1. The maximum absolute atomic E-state index is 10.8. The lowest BCUT2D eigenvalue weighted by atomic mass is 10.1. The Balaban J connectivity index is 2.83. The fourth-order valence-electron chi connectivity index (χ4n) is 1.19. The van der Waals surface area contributed by atoms with Gasteiger partial charge in [-0.05, 0) is 37.1 Å². The van der Waals surface area contributed by atoms with Crippen LogP contribution in [0.1, 0.15) is 26.3 Å². The molecule has 1 aromatic carbocycles. The molecule has 0 saturated carbocycles. The maximum Gasteiger partial charge on any atom is 0.221 e. The molecular weight excluding hydrogens is 174 g/mol. The van der Waals surface area contributed by atoms with Crippen LogP contribution in [0.3, 0.4) is 0 Å². The topological polar surface area (TPSA) is 29.1 Å². The molecule has 0 heterocycles. The Hall–Kier alpha value is -1.57. The molecule has 0 unspecified atom stereocenters. The number of allylic oxidation sites excluding steroid dienone is 2. The smallest absolute Gasteiger partial charge is 0.221 e. The van der Waals surface area contributed by atoms with Crippen molar-refractivity contribution in [3.05, 3.63) is 35.9 Å². The number of hydrogen-bond donors (Lipinski definition) is 1. The van der Waals surface area contributed by atoms with Crippen LogP contribution >= 0.6 is 0 Å². The Kier molecular flexibility index (Phi) is 3.46. The van der Waals surface area contributed by atoms with Gasteiger partial charge in [-0.3, -0.25) is 4.79 Å². The van der Waals surface area contributed by atoms with Crippen LogP contribution in [0.15, 0.2) is 30.3 Å². The van der Waals surface area contributed by atoms with E-state index in [0.29, 0.717) is 0 Å². The monoisotopic (exact) mass is 189 g/mol. The van der Waals surface area contributed by atoms with Crippen molar-refractivity contribution in [3.63, 3.8) is 0 Å². The summed E-state index contributed by atoms with van der Waals surface area (Å²) in [5.41, 5.74) is 3.26. The Bertz CT molecular complexity index is 349. The van der Waals surface area contributed by atoms with E-state index < -0.39 is 0 Å². The fraction of sp³-hybridized carbons (Fsp3) is 0.250. The number of anilines is 1. The Morgan fingerprint density at radius 2 is 1.79 bits per heavy atom.